The molecular formula is C13H19NO2. The highest BCUT2D eigenvalue weighted by Crippen LogP contribution is 2.25. The smallest absolute Gasteiger partial charge is 0.129 e. The zero-order chi connectivity index (χ0) is 11.8. The second-order valence-electron chi connectivity index (χ2n) is 3.44. The molecule has 0 amide bonds. The van der Waals surface area contributed by atoms with Gasteiger partial charge in [0.05, 0.1) is 14.2 Å². The first-order valence-electron chi connectivity index (χ1n) is 5.40. The van der Waals surface area contributed by atoms with Crippen molar-refractivity contribution in [3.05, 3.63) is 29.8 Å². The van der Waals surface area contributed by atoms with Crippen LogP contribution < -0.4 is 15.2 Å². The summed E-state index contributed by atoms with van der Waals surface area (Å²) >= 11 is 0. The number of allylic oxidation sites excluding steroid dienone is 1. The molecule has 0 atom stereocenters. The van der Waals surface area contributed by atoms with Gasteiger partial charge in [0.15, 0.2) is 0 Å². The molecule has 0 heterocycles. The molecule has 0 saturated carbocycles. The molecule has 1 aromatic carbocycles. The summed E-state index contributed by atoms with van der Waals surface area (Å²) in [5.41, 5.74) is 6.48. The van der Waals surface area contributed by atoms with Crippen molar-refractivity contribution >= 4 is 6.08 Å². The van der Waals surface area contributed by atoms with Gasteiger partial charge in [-0.3, -0.25) is 0 Å². The van der Waals surface area contributed by atoms with E-state index in [4.69, 9.17) is 15.2 Å². The van der Waals surface area contributed by atoms with Gasteiger partial charge < -0.3 is 15.2 Å². The van der Waals surface area contributed by atoms with Crippen molar-refractivity contribution in [2.45, 2.75) is 12.8 Å². The SMILES string of the molecule is COc1ccc(/C=C/CCCN)c(OC)c1. The summed E-state index contributed by atoms with van der Waals surface area (Å²) < 4.78 is 10.4. The lowest BCUT2D eigenvalue weighted by Gasteiger charge is -2.07. The first-order chi connectivity index (χ1) is 7.81. The van der Waals surface area contributed by atoms with Crippen molar-refractivity contribution in [3.8, 4) is 11.5 Å². The lowest BCUT2D eigenvalue weighted by Crippen LogP contribution is -1.96. The summed E-state index contributed by atoms with van der Waals surface area (Å²) in [6.45, 7) is 0.726. The zero-order valence-corrected chi connectivity index (χ0v) is 9.90. The molecule has 0 spiro atoms. The molecular weight excluding hydrogens is 202 g/mol. The zero-order valence-electron chi connectivity index (χ0n) is 9.90. The van der Waals surface area contributed by atoms with E-state index >= 15 is 0 Å². The number of benzene rings is 1. The molecule has 0 radical (unpaired) electrons. The topological polar surface area (TPSA) is 44.5 Å². The van der Waals surface area contributed by atoms with Gasteiger partial charge in [-0.05, 0) is 31.5 Å². The fourth-order valence-corrected chi connectivity index (χ4v) is 1.40. The fourth-order valence-electron chi connectivity index (χ4n) is 1.40. The second-order valence-corrected chi connectivity index (χ2v) is 3.44. The minimum atomic E-state index is 0.726. The lowest BCUT2D eigenvalue weighted by atomic mass is 10.1. The fraction of sp³-hybridized carbons (Fsp3) is 0.385. The minimum absolute atomic E-state index is 0.726. The largest absolute Gasteiger partial charge is 0.497 e. The average molecular weight is 221 g/mol. The molecule has 16 heavy (non-hydrogen) atoms. The van der Waals surface area contributed by atoms with Gasteiger partial charge in [0.2, 0.25) is 0 Å². The predicted octanol–water partition coefficient (Wildman–Crippen LogP) is 2.46. The van der Waals surface area contributed by atoms with E-state index in [-0.39, 0.29) is 0 Å². The van der Waals surface area contributed by atoms with Gasteiger partial charge in [0.25, 0.3) is 0 Å². The highest BCUT2D eigenvalue weighted by molar-refractivity contribution is 5.59. The maximum atomic E-state index is 5.43. The van der Waals surface area contributed by atoms with Gasteiger partial charge in [0, 0.05) is 11.6 Å². The van der Waals surface area contributed by atoms with Gasteiger partial charge in [-0.15, -0.1) is 0 Å². The third kappa shape index (κ3) is 3.59. The minimum Gasteiger partial charge on any atom is -0.497 e. The Labute approximate surface area is 96.9 Å². The average Bonchev–Trinajstić information content (AvgIpc) is 2.34. The number of hydrogen-bond donors (Lipinski definition) is 1. The Hall–Kier alpha value is -1.48. The Morgan fingerprint density at radius 2 is 2.06 bits per heavy atom. The van der Waals surface area contributed by atoms with Gasteiger partial charge >= 0.3 is 0 Å². The van der Waals surface area contributed by atoms with Crippen LogP contribution in [0.4, 0.5) is 0 Å². The van der Waals surface area contributed by atoms with E-state index in [2.05, 4.69) is 6.08 Å². The number of hydrogen-bond acceptors (Lipinski definition) is 3. The highest BCUT2D eigenvalue weighted by atomic mass is 16.5. The van der Waals surface area contributed by atoms with Crippen molar-refractivity contribution < 1.29 is 9.47 Å². The molecule has 0 aromatic heterocycles. The maximum absolute atomic E-state index is 5.43. The van der Waals surface area contributed by atoms with Gasteiger partial charge in [0.1, 0.15) is 11.5 Å². The number of unbranched alkanes of at least 4 members (excludes halogenated alkanes) is 1. The molecule has 3 heteroatoms. The van der Waals surface area contributed by atoms with Crippen molar-refractivity contribution in [2.75, 3.05) is 20.8 Å². The molecule has 0 aliphatic heterocycles. The van der Waals surface area contributed by atoms with Crippen molar-refractivity contribution in [1.82, 2.24) is 0 Å². The standard InChI is InChI=1S/C13H19NO2/c1-15-12-8-7-11(13(10-12)16-2)6-4-3-5-9-14/h4,6-8,10H,3,5,9,14H2,1-2H3/b6-4+. The van der Waals surface area contributed by atoms with E-state index in [1.165, 1.54) is 0 Å². The van der Waals surface area contributed by atoms with Crippen LogP contribution in [0.15, 0.2) is 24.3 Å². The highest BCUT2D eigenvalue weighted by Gasteiger charge is 2.01. The Morgan fingerprint density at radius 1 is 1.25 bits per heavy atom. The Kier molecular flexibility index (Phi) is 5.43. The predicted molar refractivity (Wildman–Crippen MR) is 66.9 cm³/mol. The Bertz CT molecular complexity index is 348. The molecule has 0 aliphatic carbocycles. The van der Waals surface area contributed by atoms with Crippen molar-refractivity contribution in [3.63, 3.8) is 0 Å². The summed E-state index contributed by atoms with van der Waals surface area (Å²) in [6, 6.07) is 5.78. The van der Waals surface area contributed by atoms with Crippen molar-refractivity contribution in [1.29, 1.82) is 0 Å². The van der Waals surface area contributed by atoms with E-state index in [1.807, 2.05) is 24.3 Å². The number of nitrogens with two attached hydrogens (primary N) is 1. The van der Waals surface area contributed by atoms with E-state index in [0.717, 1.165) is 36.4 Å². The third-order valence-electron chi connectivity index (χ3n) is 2.31. The molecule has 3 nitrogen and oxygen atoms in total. The molecule has 0 aliphatic rings. The quantitative estimate of drug-likeness (QED) is 0.750. The monoisotopic (exact) mass is 221 g/mol. The van der Waals surface area contributed by atoms with Crippen LogP contribution in [0.25, 0.3) is 6.08 Å². The van der Waals surface area contributed by atoms with Gasteiger partial charge in [-0.1, -0.05) is 12.2 Å². The Morgan fingerprint density at radius 3 is 2.69 bits per heavy atom. The maximum Gasteiger partial charge on any atom is 0.129 e. The second kappa shape index (κ2) is 6.90. The molecule has 0 fully saturated rings. The molecule has 1 aromatic rings. The molecule has 2 N–H and O–H groups in total. The number of ether oxygens (including phenoxy) is 2. The van der Waals surface area contributed by atoms with Gasteiger partial charge in [-0.25, -0.2) is 0 Å². The van der Waals surface area contributed by atoms with Crippen LogP contribution in [0.5, 0.6) is 11.5 Å². The molecule has 0 unspecified atom stereocenters. The van der Waals surface area contributed by atoms with E-state index in [9.17, 15) is 0 Å². The summed E-state index contributed by atoms with van der Waals surface area (Å²) in [5.74, 6) is 1.62. The summed E-state index contributed by atoms with van der Waals surface area (Å²) in [5, 5.41) is 0. The van der Waals surface area contributed by atoms with E-state index in [0.29, 0.717) is 0 Å². The summed E-state index contributed by atoms with van der Waals surface area (Å²) in [7, 11) is 3.30. The van der Waals surface area contributed by atoms with Crippen LogP contribution in [0, 0.1) is 0 Å². The molecule has 88 valence electrons. The summed E-state index contributed by atoms with van der Waals surface area (Å²) in [4.78, 5) is 0. The van der Waals surface area contributed by atoms with Crippen LogP contribution in [0.2, 0.25) is 0 Å². The number of rotatable bonds is 6. The molecule has 1 rings (SSSR count). The first kappa shape index (κ1) is 12.6. The lowest BCUT2D eigenvalue weighted by molar-refractivity contribution is 0.393. The third-order valence-corrected chi connectivity index (χ3v) is 2.31. The Balaban J connectivity index is 2.75. The molecule has 0 bridgehead atoms. The molecule has 0 saturated heterocycles. The number of methoxy groups -OCH3 is 2. The van der Waals surface area contributed by atoms with Crippen LogP contribution in [-0.2, 0) is 0 Å². The van der Waals surface area contributed by atoms with Crippen LogP contribution in [0.3, 0.4) is 0 Å². The normalized spacial score (nSPS) is 10.7. The summed E-state index contributed by atoms with van der Waals surface area (Å²) in [6.07, 6.45) is 6.16. The van der Waals surface area contributed by atoms with Crippen LogP contribution >= 0.6 is 0 Å². The van der Waals surface area contributed by atoms with Gasteiger partial charge in [-0.2, -0.15) is 0 Å². The van der Waals surface area contributed by atoms with E-state index in [1.54, 1.807) is 14.2 Å². The van der Waals surface area contributed by atoms with Crippen LogP contribution in [-0.4, -0.2) is 20.8 Å². The first-order valence-corrected chi connectivity index (χ1v) is 5.40. The van der Waals surface area contributed by atoms with E-state index < -0.39 is 0 Å². The van der Waals surface area contributed by atoms with Crippen molar-refractivity contribution in [2.24, 2.45) is 5.73 Å². The van der Waals surface area contributed by atoms with Crippen LogP contribution in [0.1, 0.15) is 18.4 Å².